The molecule has 0 radical (unpaired) electrons. The average Bonchev–Trinajstić information content (AvgIpc) is 2.79. The summed E-state index contributed by atoms with van der Waals surface area (Å²) < 4.78 is 1.71. The molecule has 2 aromatic rings. The lowest BCUT2D eigenvalue weighted by molar-refractivity contribution is 0.0455. The van der Waals surface area contributed by atoms with Gasteiger partial charge in [-0.15, -0.1) is 5.10 Å². The molecule has 0 aliphatic rings. The van der Waals surface area contributed by atoms with Crippen LogP contribution in [0.1, 0.15) is 26.7 Å². The lowest BCUT2D eigenvalue weighted by Gasteiger charge is -2.24. The predicted molar refractivity (Wildman–Crippen MR) is 67.0 cm³/mol. The van der Waals surface area contributed by atoms with Gasteiger partial charge in [-0.05, 0) is 25.0 Å². The second-order valence-corrected chi connectivity index (χ2v) is 4.22. The SMILES string of the molecule is CCC(O)(CC)CNc1nc2ccccn2n1. The molecule has 0 saturated heterocycles. The first-order chi connectivity index (χ1) is 8.17. The Balaban J connectivity index is 2.09. The van der Waals surface area contributed by atoms with Crippen LogP contribution >= 0.6 is 0 Å². The smallest absolute Gasteiger partial charge is 0.243 e. The lowest BCUT2D eigenvalue weighted by atomic mass is 9.98. The van der Waals surface area contributed by atoms with Gasteiger partial charge in [-0.1, -0.05) is 19.9 Å². The highest BCUT2D eigenvalue weighted by Crippen LogP contribution is 2.15. The van der Waals surface area contributed by atoms with Gasteiger partial charge in [-0.3, -0.25) is 0 Å². The van der Waals surface area contributed by atoms with Crippen LogP contribution in [0, 0.1) is 0 Å². The fraction of sp³-hybridized carbons (Fsp3) is 0.500. The maximum Gasteiger partial charge on any atom is 0.243 e. The van der Waals surface area contributed by atoms with Crippen molar-refractivity contribution in [2.45, 2.75) is 32.3 Å². The molecule has 0 aliphatic heterocycles. The van der Waals surface area contributed by atoms with Gasteiger partial charge >= 0.3 is 0 Å². The number of anilines is 1. The van der Waals surface area contributed by atoms with Gasteiger partial charge in [0.05, 0.1) is 5.60 Å². The Labute approximate surface area is 100 Å². The highest BCUT2D eigenvalue weighted by molar-refractivity contribution is 5.42. The van der Waals surface area contributed by atoms with E-state index in [0.29, 0.717) is 25.3 Å². The highest BCUT2D eigenvalue weighted by Gasteiger charge is 2.22. The minimum Gasteiger partial charge on any atom is -0.388 e. The molecule has 2 aromatic heterocycles. The minimum atomic E-state index is -0.683. The van der Waals surface area contributed by atoms with Gasteiger partial charge in [0, 0.05) is 12.7 Å². The number of rotatable bonds is 5. The van der Waals surface area contributed by atoms with Crippen LogP contribution in [0.5, 0.6) is 0 Å². The lowest BCUT2D eigenvalue weighted by Crippen LogP contribution is -2.35. The molecule has 0 bridgehead atoms. The van der Waals surface area contributed by atoms with Crippen LogP contribution in [0.4, 0.5) is 5.95 Å². The molecule has 0 spiro atoms. The van der Waals surface area contributed by atoms with Crippen molar-refractivity contribution in [2.75, 3.05) is 11.9 Å². The Kier molecular flexibility index (Phi) is 3.28. The Hall–Kier alpha value is -1.62. The Morgan fingerprint density at radius 1 is 1.35 bits per heavy atom. The third kappa shape index (κ3) is 2.55. The van der Waals surface area contributed by atoms with Gasteiger partial charge in [-0.25, -0.2) is 4.52 Å². The van der Waals surface area contributed by atoms with E-state index in [0.717, 1.165) is 5.65 Å². The largest absolute Gasteiger partial charge is 0.388 e. The van der Waals surface area contributed by atoms with E-state index in [4.69, 9.17) is 0 Å². The van der Waals surface area contributed by atoms with E-state index in [9.17, 15) is 5.11 Å². The summed E-state index contributed by atoms with van der Waals surface area (Å²) in [7, 11) is 0. The summed E-state index contributed by atoms with van der Waals surface area (Å²) in [6.45, 7) is 4.42. The standard InChI is InChI=1S/C12H18N4O/c1-3-12(17,4-2)9-13-11-14-10-7-5-6-8-16(10)15-11/h5-8,17H,3-4,9H2,1-2H3,(H,13,15). The third-order valence-electron chi connectivity index (χ3n) is 3.13. The number of hydrogen-bond donors (Lipinski definition) is 2. The van der Waals surface area contributed by atoms with E-state index in [-0.39, 0.29) is 0 Å². The number of pyridine rings is 1. The molecule has 2 heterocycles. The molecule has 0 atom stereocenters. The summed E-state index contributed by atoms with van der Waals surface area (Å²) in [6.07, 6.45) is 3.27. The second-order valence-electron chi connectivity index (χ2n) is 4.22. The zero-order valence-electron chi connectivity index (χ0n) is 10.2. The summed E-state index contributed by atoms with van der Waals surface area (Å²) in [5.74, 6) is 0.552. The fourth-order valence-electron chi connectivity index (χ4n) is 1.65. The molecule has 0 saturated carbocycles. The molecule has 5 nitrogen and oxygen atoms in total. The van der Waals surface area contributed by atoms with Crippen LogP contribution in [0.15, 0.2) is 24.4 Å². The molecule has 0 amide bonds. The Morgan fingerprint density at radius 2 is 2.12 bits per heavy atom. The summed E-state index contributed by atoms with van der Waals surface area (Å²) in [6, 6.07) is 5.71. The summed E-state index contributed by atoms with van der Waals surface area (Å²) in [4.78, 5) is 4.31. The molecule has 0 aliphatic carbocycles. The molecule has 0 unspecified atom stereocenters. The van der Waals surface area contributed by atoms with Gasteiger partial charge in [-0.2, -0.15) is 4.98 Å². The maximum atomic E-state index is 10.1. The van der Waals surface area contributed by atoms with Crippen molar-refractivity contribution in [1.29, 1.82) is 0 Å². The van der Waals surface area contributed by atoms with Crippen molar-refractivity contribution in [3.8, 4) is 0 Å². The first-order valence-electron chi connectivity index (χ1n) is 5.94. The normalized spacial score (nSPS) is 11.9. The first-order valence-corrected chi connectivity index (χ1v) is 5.94. The van der Waals surface area contributed by atoms with Crippen LogP contribution in [0.3, 0.4) is 0 Å². The maximum absolute atomic E-state index is 10.1. The number of nitrogens with one attached hydrogen (secondary N) is 1. The third-order valence-corrected chi connectivity index (χ3v) is 3.13. The molecule has 92 valence electrons. The summed E-state index contributed by atoms with van der Waals surface area (Å²) in [5, 5.41) is 17.5. The summed E-state index contributed by atoms with van der Waals surface area (Å²) >= 11 is 0. The molecule has 5 heteroatoms. The topological polar surface area (TPSA) is 62.5 Å². The van der Waals surface area contributed by atoms with Crippen molar-refractivity contribution in [3.63, 3.8) is 0 Å². The van der Waals surface area contributed by atoms with Crippen molar-refractivity contribution in [3.05, 3.63) is 24.4 Å². The highest BCUT2D eigenvalue weighted by atomic mass is 16.3. The zero-order chi connectivity index (χ0) is 12.3. The number of aliphatic hydroxyl groups is 1. The Morgan fingerprint density at radius 3 is 2.76 bits per heavy atom. The van der Waals surface area contributed by atoms with E-state index in [1.54, 1.807) is 4.52 Å². The van der Waals surface area contributed by atoms with E-state index >= 15 is 0 Å². The van der Waals surface area contributed by atoms with Crippen LogP contribution in [-0.2, 0) is 0 Å². The average molecular weight is 234 g/mol. The van der Waals surface area contributed by atoms with Gasteiger partial charge < -0.3 is 10.4 Å². The number of fused-ring (bicyclic) bond motifs is 1. The van der Waals surface area contributed by atoms with Crippen molar-refractivity contribution in [2.24, 2.45) is 0 Å². The van der Waals surface area contributed by atoms with Gasteiger partial charge in [0.15, 0.2) is 5.65 Å². The number of hydrogen-bond acceptors (Lipinski definition) is 4. The molecule has 17 heavy (non-hydrogen) atoms. The monoisotopic (exact) mass is 234 g/mol. The van der Waals surface area contributed by atoms with E-state index in [2.05, 4.69) is 15.4 Å². The molecule has 2 N–H and O–H groups in total. The van der Waals surface area contributed by atoms with Crippen LogP contribution < -0.4 is 5.32 Å². The first kappa shape index (κ1) is 11.9. The molecule has 2 rings (SSSR count). The summed E-state index contributed by atoms with van der Waals surface area (Å²) in [5.41, 5.74) is 0.115. The predicted octanol–water partition coefficient (Wildman–Crippen LogP) is 1.69. The van der Waals surface area contributed by atoms with E-state index in [1.807, 2.05) is 38.2 Å². The van der Waals surface area contributed by atoms with Crippen molar-refractivity contribution in [1.82, 2.24) is 14.6 Å². The quantitative estimate of drug-likeness (QED) is 0.826. The van der Waals surface area contributed by atoms with Crippen LogP contribution in [-0.4, -0.2) is 31.9 Å². The van der Waals surface area contributed by atoms with E-state index in [1.165, 1.54) is 0 Å². The molecular formula is C12H18N4O. The van der Waals surface area contributed by atoms with Gasteiger partial charge in [0.2, 0.25) is 5.95 Å². The van der Waals surface area contributed by atoms with E-state index < -0.39 is 5.60 Å². The second kappa shape index (κ2) is 4.71. The van der Waals surface area contributed by atoms with Crippen molar-refractivity contribution < 1.29 is 5.11 Å². The molecule has 0 aromatic carbocycles. The fourth-order valence-corrected chi connectivity index (χ4v) is 1.65. The number of aromatic nitrogens is 3. The Bertz CT molecular complexity index is 457. The molecule has 0 fully saturated rings. The van der Waals surface area contributed by atoms with Gasteiger partial charge in [0.1, 0.15) is 0 Å². The minimum absolute atomic E-state index is 0.469. The van der Waals surface area contributed by atoms with Crippen LogP contribution in [0.25, 0.3) is 5.65 Å². The zero-order valence-corrected chi connectivity index (χ0v) is 10.2. The van der Waals surface area contributed by atoms with Gasteiger partial charge in [0.25, 0.3) is 0 Å². The van der Waals surface area contributed by atoms with Crippen LogP contribution in [0.2, 0.25) is 0 Å². The number of nitrogens with zero attached hydrogens (tertiary/aromatic N) is 3. The molecular weight excluding hydrogens is 216 g/mol. The van der Waals surface area contributed by atoms with Crippen molar-refractivity contribution >= 4 is 11.6 Å².